The number of nitrogens with zero attached hydrogens (tertiary/aromatic N) is 1. The van der Waals surface area contributed by atoms with E-state index in [2.05, 4.69) is 10.6 Å². The minimum atomic E-state index is -0.450. The molecular weight excluding hydrogens is 310 g/mol. The number of hydrogen-bond donors (Lipinski definition) is 2. The van der Waals surface area contributed by atoms with Gasteiger partial charge in [0, 0.05) is 35.8 Å². The standard InChI is InChI=1S/C17H17N3O4/c21-17(19-14-9-11-3-6-13(14)18-11)16-8-7-15(24-16)10-1-4-12(5-2-10)20(22)23/h1-2,4-5,7-8,11,13-14,18H,3,6,9H2,(H,19,21)/t11-,13+,14-/m1/s1. The van der Waals surface area contributed by atoms with Crippen molar-refractivity contribution in [2.75, 3.05) is 0 Å². The number of nitro benzene ring substituents is 1. The zero-order chi connectivity index (χ0) is 16.7. The number of nitrogens with one attached hydrogen (secondary N) is 2. The van der Waals surface area contributed by atoms with Crippen molar-refractivity contribution in [1.82, 2.24) is 10.6 Å². The van der Waals surface area contributed by atoms with E-state index in [9.17, 15) is 14.9 Å². The molecule has 7 heteroatoms. The molecule has 7 nitrogen and oxygen atoms in total. The number of carbonyl (C=O) groups is 1. The van der Waals surface area contributed by atoms with Crippen molar-refractivity contribution < 1.29 is 14.1 Å². The van der Waals surface area contributed by atoms with E-state index in [1.807, 2.05) is 0 Å². The summed E-state index contributed by atoms with van der Waals surface area (Å²) >= 11 is 0. The highest BCUT2D eigenvalue weighted by Crippen LogP contribution is 2.29. The van der Waals surface area contributed by atoms with Crippen LogP contribution in [0.3, 0.4) is 0 Å². The molecule has 3 atom stereocenters. The molecule has 2 aliphatic heterocycles. The van der Waals surface area contributed by atoms with Gasteiger partial charge < -0.3 is 15.1 Å². The van der Waals surface area contributed by atoms with Crippen molar-refractivity contribution in [3.8, 4) is 11.3 Å². The average Bonchev–Trinajstić information content (AvgIpc) is 3.31. The molecule has 2 saturated heterocycles. The normalized spacial score (nSPS) is 24.9. The molecule has 124 valence electrons. The summed E-state index contributed by atoms with van der Waals surface area (Å²) in [6.07, 6.45) is 3.25. The van der Waals surface area contributed by atoms with Gasteiger partial charge in [-0.25, -0.2) is 0 Å². The Morgan fingerprint density at radius 1 is 1.21 bits per heavy atom. The molecule has 3 heterocycles. The summed E-state index contributed by atoms with van der Waals surface area (Å²) in [5, 5.41) is 17.2. The van der Waals surface area contributed by atoms with E-state index in [1.165, 1.54) is 18.6 Å². The molecule has 1 aromatic heterocycles. The number of carbonyl (C=O) groups excluding carboxylic acids is 1. The van der Waals surface area contributed by atoms with E-state index >= 15 is 0 Å². The molecule has 0 radical (unpaired) electrons. The monoisotopic (exact) mass is 327 g/mol. The zero-order valence-electron chi connectivity index (χ0n) is 12.9. The Morgan fingerprint density at radius 2 is 2.00 bits per heavy atom. The summed E-state index contributed by atoms with van der Waals surface area (Å²) in [4.78, 5) is 22.6. The highest BCUT2D eigenvalue weighted by Gasteiger charge is 2.39. The quantitative estimate of drug-likeness (QED) is 0.664. The predicted molar refractivity (Wildman–Crippen MR) is 86.6 cm³/mol. The van der Waals surface area contributed by atoms with Crippen LogP contribution in [0.1, 0.15) is 29.8 Å². The van der Waals surface area contributed by atoms with Gasteiger partial charge in [-0.05, 0) is 43.5 Å². The van der Waals surface area contributed by atoms with Crippen molar-refractivity contribution in [3.63, 3.8) is 0 Å². The molecule has 0 aliphatic carbocycles. The Balaban J connectivity index is 1.46. The summed E-state index contributed by atoms with van der Waals surface area (Å²) in [5.74, 6) is 0.551. The van der Waals surface area contributed by atoms with Crippen LogP contribution in [-0.2, 0) is 0 Å². The lowest BCUT2D eigenvalue weighted by atomic mass is 9.95. The molecule has 2 aromatic rings. The molecule has 2 bridgehead atoms. The average molecular weight is 327 g/mol. The van der Waals surface area contributed by atoms with Crippen LogP contribution in [0.5, 0.6) is 0 Å². The maximum absolute atomic E-state index is 12.3. The minimum Gasteiger partial charge on any atom is -0.451 e. The van der Waals surface area contributed by atoms with E-state index in [0.717, 1.165) is 12.8 Å². The van der Waals surface area contributed by atoms with E-state index in [-0.39, 0.29) is 23.4 Å². The molecule has 0 saturated carbocycles. The van der Waals surface area contributed by atoms with Crippen LogP contribution >= 0.6 is 0 Å². The smallest absolute Gasteiger partial charge is 0.287 e. The Labute approximate surface area is 138 Å². The number of nitro groups is 1. The summed E-state index contributed by atoms with van der Waals surface area (Å²) in [6.45, 7) is 0. The van der Waals surface area contributed by atoms with Crippen LogP contribution in [0.4, 0.5) is 5.69 Å². The first-order valence-electron chi connectivity index (χ1n) is 8.02. The third-order valence-corrected chi connectivity index (χ3v) is 4.81. The van der Waals surface area contributed by atoms with Crippen LogP contribution in [0.15, 0.2) is 40.8 Å². The summed E-state index contributed by atoms with van der Waals surface area (Å²) in [7, 11) is 0. The van der Waals surface area contributed by atoms with Gasteiger partial charge in [0.05, 0.1) is 4.92 Å². The Bertz CT molecular complexity index is 783. The fraction of sp³-hybridized carbons (Fsp3) is 0.353. The summed E-state index contributed by atoms with van der Waals surface area (Å²) < 4.78 is 5.62. The highest BCUT2D eigenvalue weighted by molar-refractivity contribution is 5.92. The van der Waals surface area contributed by atoms with Gasteiger partial charge in [-0.1, -0.05) is 0 Å². The lowest BCUT2D eigenvalue weighted by molar-refractivity contribution is -0.384. The molecule has 0 unspecified atom stereocenters. The van der Waals surface area contributed by atoms with Gasteiger partial charge in [-0.15, -0.1) is 0 Å². The second-order valence-electron chi connectivity index (χ2n) is 6.33. The van der Waals surface area contributed by atoms with E-state index in [1.54, 1.807) is 24.3 Å². The van der Waals surface area contributed by atoms with Crippen molar-refractivity contribution in [2.45, 2.75) is 37.4 Å². The SMILES string of the molecule is O=C(N[C@@H]1C[C@H]2CC[C@@H]1N2)c1ccc(-c2ccc([N+](=O)[O-])cc2)o1. The minimum absolute atomic E-state index is 0.0204. The second-order valence-corrected chi connectivity index (χ2v) is 6.33. The fourth-order valence-corrected chi connectivity index (χ4v) is 3.59. The Hall–Kier alpha value is -2.67. The lowest BCUT2D eigenvalue weighted by Gasteiger charge is -2.20. The number of furan rings is 1. The zero-order valence-corrected chi connectivity index (χ0v) is 12.9. The first kappa shape index (κ1) is 14.9. The van der Waals surface area contributed by atoms with Crippen LogP contribution in [0, 0.1) is 10.1 Å². The van der Waals surface area contributed by atoms with Gasteiger partial charge >= 0.3 is 0 Å². The molecule has 4 rings (SSSR count). The molecule has 1 aromatic carbocycles. The van der Waals surface area contributed by atoms with Crippen molar-refractivity contribution >= 4 is 11.6 Å². The number of non-ortho nitro benzene ring substituents is 1. The number of benzene rings is 1. The van der Waals surface area contributed by atoms with Gasteiger partial charge in [0.1, 0.15) is 5.76 Å². The van der Waals surface area contributed by atoms with E-state index in [0.29, 0.717) is 23.4 Å². The van der Waals surface area contributed by atoms with Gasteiger partial charge in [0.2, 0.25) is 0 Å². The highest BCUT2D eigenvalue weighted by atomic mass is 16.6. The van der Waals surface area contributed by atoms with Crippen LogP contribution in [0.2, 0.25) is 0 Å². The molecule has 1 amide bonds. The van der Waals surface area contributed by atoms with Crippen molar-refractivity contribution in [3.05, 3.63) is 52.3 Å². The van der Waals surface area contributed by atoms with Crippen LogP contribution in [-0.4, -0.2) is 29.0 Å². The summed E-state index contributed by atoms with van der Waals surface area (Å²) in [6, 6.07) is 10.4. The molecule has 0 spiro atoms. The van der Waals surface area contributed by atoms with Crippen molar-refractivity contribution in [1.29, 1.82) is 0 Å². The molecular formula is C17H17N3O4. The number of rotatable bonds is 4. The second kappa shape index (κ2) is 5.76. The largest absolute Gasteiger partial charge is 0.451 e. The van der Waals surface area contributed by atoms with Crippen molar-refractivity contribution in [2.24, 2.45) is 0 Å². The van der Waals surface area contributed by atoms with Gasteiger partial charge in [-0.3, -0.25) is 14.9 Å². The van der Waals surface area contributed by atoms with Crippen LogP contribution < -0.4 is 10.6 Å². The summed E-state index contributed by atoms with van der Waals surface area (Å²) in [5.41, 5.74) is 0.716. The number of amides is 1. The molecule has 2 N–H and O–H groups in total. The fourth-order valence-electron chi connectivity index (χ4n) is 3.59. The van der Waals surface area contributed by atoms with E-state index < -0.39 is 4.92 Å². The topological polar surface area (TPSA) is 97.4 Å². The third-order valence-electron chi connectivity index (χ3n) is 4.81. The number of hydrogen-bond acceptors (Lipinski definition) is 5. The molecule has 2 aliphatic rings. The molecule has 2 fully saturated rings. The first-order valence-corrected chi connectivity index (χ1v) is 8.02. The van der Waals surface area contributed by atoms with E-state index in [4.69, 9.17) is 4.42 Å². The van der Waals surface area contributed by atoms with Gasteiger partial charge in [0.15, 0.2) is 5.76 Å². The lowest BCUT2D eigenvalue weighted by Crippen LogP contribution is -2.42. The molecule has 24 heavy (non-hydrogen) atoms. The third kappa shape index (κ3) is 2.67. The first-order chi connectivity index (χ1) is 11.6. The number of fused-ring (bicyclic) bond motifs is 2. The predicted octanol–water partition coefficient (Wildman–Crippen LogP) is 2.48. The Morgan fingerprint density at radius 3 is 2.62 bits per heavy atom. The van der Waals surface area contributed by atoms with Gasteiger partial charge in [-0.2, -0.15) is 0 Å². The van der Waals surface area contributed by atoms with Gasteiger partial charge in [0.25, 0.3) is 11.6 Å². The maximum Gasteiger partial charge on any atom is 0.287 e. The Kier molecular flexibility index (Phi) is 3.57. The van der Waals surface area contributed by atoms with Crippen LogP contribution in [0.25, 0.3) is 11.3 Å². The maximum atomic E-state index is 12.3.